The second-order valence-corrected chi connectivity index (χ2v) is 14.7. The Morgan fingerprint density at radius 2 is 1.76 bits per heavy atom. The normalized spacial score (nSPS) is 33.8. The summed E-state index contributed by atoms with van der Waals surface area (Å²) in [5.41, 5.74) is 0. The van der Waals surface area contributed by atoms with Gasteiger partial charge in [-0.3, -0.25) is 0 Å². The van der Waals surface area contributed by atoms with Crippen molar-refractivity contribution < 1.29 is 8.85 Å². The summed E-state index contributed by atoms with van der Waals surface area (Å²) in [6.45, 7) is 13.0. The molecule has 3 rings (SSSR count). The SMILES string of the molecule is C=C[Te+](C=C)C[Si]12CCCN(CCO1)CCO2. The minimum absolute atomic E-state index is 0.854. The molecule has 0 spiro atoms. The molecule has 0 aromatic heterocycles. The van der Waals surface area contributed by atoms with Crippen molar-refractivity contribution >= 4 is 28.1 Å². The van der Waals surface area contributed by atoms with E-state index in [1.165, 1.54) is 13.0 Å². The van der Waals surface area contributed by atoms with E-state index in [-0.39, 0.29) is 0 Å². The van der Waals surface area contributed by atoms with Crippen LogP contribution >= 0.6 is 0 Å². The molecule has 0 aliphatic carbocycles. The Labute approximate surface area is 112 Å². The Bertz CT molecular complexity index is 253. The monoisotopic (exact) mass is 370 g/mol. The van der Waals surface area contributed by atoms with Crippen LogP contribution in [0.3, 0.4) is 0 Å². The predicted octanol–water partition coefficient (Wildman–Crippen LogP) is 1.67. The van der Waals surface area contributed by atoms with E-state index in [0.29, 0.717) is 0 Å². The quantitative estimate of drug-likeness (QED) is 0.705. The fourth-order valence-electron chi connectivity index (χ4n) is 2.41. The van der Waals surface area contributed by atoms with Gasteiger partial charge in [-0.05, 0) is 0 Å². The number of rotatable bonds is 4. The van der Waals surface area contributed by atoms with Crippen LogP contribution in [-0.4, -0.2) is 65.9 Å². The van der Waals surface area contributed by atoms with Crippen LogP contribution in [-0.2, 0) is 8.85 Å². The van der Waals surface area contributed by atoms with Gasteiger partial charge in [0.25, 0.3) is 0 Å². The van der Waals surface area contributed by atoms with Gasteiger partial charge in [-0.25, -0.2) is 0 Å². The molecule has 0 aromatic carbocycles. The minimum atomic E-state index is -1.93. The molecule has 0 saturated carbocycles. The van der Waals surface area contributed by atoms with E-state index in [9.17, 15) is 0 Å². The zero-order chi connectivity index (χ0) is 12.1. The van der Waals surface area contributed by atoms with E-state index in [1.54, 1.807) is 0 Å². The fourth-order valence-corrected chi connectivity index (χ4v) is 14.9. The van der Waals surface area contributed by atoms with Crippen LogP contribution in [0.25, 0.3) is 0 Å². The van der Waals surface area contributed by atoms with Crippen molar-refractivity contribution in [3.05, 3.63) is 21.4 Å². The van der Waals surface area contributed by atoms with Crippen molar-refractivity contribution in [1.82, 2.24) is 4.90 Å². The molecule has 3 saturated heterocycles. The third-order valence-electron chi connectivity index (χ3n) is 3.39. The molecule has 2 bridgehead atoms. The van der Waals surface area contributed by atoms with E-state index < -0.39 is 28.1 Å². The van der Waals surface area contributed by atoms with Gasteiger partial charge in [0.05, 0.1) is 0 Å². The third-order valence-corrected chi connectivity index (χ3v) is 15.8. The standard InChI is InChI=1S/C12H22NO2SiTe/c1-3-17(4-2)12-16-11-5-6-13(7-9-14-16)8-10-15-16/h3-4H,1-2,5-12H2/q+1. The third kappa shape index (κ3) is 3.66. The molecule has 0 N–H and O–H groups in total. The van der Waals surface area contributed by atoms with Gasteiger partial charge in [0.1, 0.15) is 0 Å². The molecule has 3 nitrogen and oxygen atoms in total. The Morgan fingerprint density at radius 3 is 2.35 bits per heavy atom. The number of fused-ring (bicyclic) bond motifs is 6. The number of hydrogen-bond acceptors (Lipinski definition) is 3. The Morgan fingerprint density at radius 1 is 1.12 bits per heavy atom. The zero-order valence-electron chi connectivity index (χ0n) is 10.4. The molecule has 17 heavy (non-hydrogen) atoms. The van der Waals surface area contributed by atoms with Crippen LogP contribution in [0.1, 0.15) is 6.42 Å². The summed E-state index contributed by atoms with van der Waals surface area (Å²) in [7, 11) is -1.93. The average Bonchev–Trinajstić information content (AvgIpc) is 2.26. The first-order chi connectivity index (χ1) is 8.28. The van der Waals surface area contributed by atoms with Crippen molar-refractivity contribution in [3.63, 3.8) is 0 Å². The van der Waals surface area contributed by atoms with Crippen LogP contribution in [0.5, 0.6) is 0 Å². The molecule has 3 aliphatic heterocycles. The van der Waals surface area contributed by atoms with Gasteiger partial charge in [-0.15, -0.1) is 0 Å². The average molecular weight is 368 g/mol. The maximum atomic E-state index is 6.20. The number of hydrogen-bond donors (Lipinski definition) is 0. The molecule has 5 heteroatoms. The van der Waals surface area contributed by atoms with E-state index in [2.05, 4.69) is 26.3 Å². The molecule has 0 aromatic rings. The van der Waals surface area contributed by atoms with Crippen LogP contribution in [0.4, 0.5) is 0 Å². The van der Waals surface area contributed by atoms with Gasteiger partial charge in [-0.1, -0.05) is 0 Å². The van der Waals surface area contributed by atoms with Crippen molar-refractivity contribution in [3.8, 4) is 0 Å². The van der Waals surface area contributed by atoms with Gasteiger partial charge in [0.2, 0.25) is 0 Å². The molecule has 0 atom stereocenters. The van der Waals surface area contributed by atoms with Crippen molar-refractivity contribution in [1.29, 1.82) is 0 Å². The molecule has 96 valence electrons. The van der Waals surface area contributed by atoms with Crippen molar-refractivity contribution in [2.45, 2.75) is 16.6 Å². The molecule has 3 aliphatic rings. The summed E-state index contributed by atoms with van der Waals surface area (Å²) >= 11 is -1.37. The van der Waals surface area contributed by atoms with E-state index in [4.69, 9.17) is 8.85 Å². The Hall–Kier alpha value is 0.366. The van der Waals surface area contributed by atoms with Crippen molar-refractivity contribution in [2.75, 3.05) is 32.8 Å². The second-order valence-electron chi connectivity index (χ2n) is 4.50. The van der Waals surface area contributed by atoms with Crippen molar-refractivity contribution in [2.24, 2.45) is 0 Å². The summed E-state index contributed by atoms with van der Waals surface area (Å²) in [5, 5.41) is 0. The summed E-state index contributed by atoms with van der Waals surface area (Å²) in [4.78, 5) is 2.45. The van der Waals surface area contributed by atoms with Gasteiger partial charge in [-0.2, -0.15) is 0 Å². The Balaban J connectivity index is 2.07. The van der Waals surface area contributed by atoms with Gasteiger partial charge in [0, 0.05) is 0 Å². The molecule has 0 amide bonds. The first-order valence-corrected chi connectivity index (χ1v) is 12.8. The number of nitrogens with zero attached hydrogens (tertiary/aromatic N) is 1. The molecule has 0 radical (unpaired) electrons. The van der Waals surface area contributed by atoms with E-state index in [1.807, 2.05) is 0 Å². The van der Waals surface area contributed by atoms with Crippen LogP contribution in [0.15, 0.2) is 21.4 Å². The molecule has 3 fully saturated rings. The maximum absolute atomic E-state index is 6.20. The van der Waals surface area contributed by atoms with Gasteiger partial charge >= 0.3 is 113 Å². The first-order valence-electron chi connectivity index (χ1n) is 6.22. The Kier molecular flexibility index (Phi) is 5.28. The first kappa shape index (κ1) is 13.8. The van der Waals surface area contributed by atoms with Crippen LogP contribution < -0.4 is 0 Å². The van der Waals surface area contributed by atoms with Gasteiger partial charge < -0.3 is 0 Å². The topological polar surface area (TPSA) is 21.7 Å². The summed E-state index contributed by atoms with van der Waals surface area (Å²) in [6.07, 6.45) is 1.23. The summed E-state index contributed by atoms with van der Waals surface area (Å²) in [5.74, 6) is 0. The summed E-state index contributed by atoms with van der Waals surface area (Å²) in [6, 6.07) is 1.16. The molecule has 0 unspecified atom stereocenters. The van der Waals surface area contributed by atoms with E-state index in [0.717, 1.165) is 36.4 Å². The molecule has 3 heterocycles. The van der Waals surface area contributed by atoms with Crippen LogP contribution in [0, 0.1) is 0 Å². The fraction of sp³-hybridized carbons (Fsp3) is 0.667. The summed E-state index contributed by atoms with van der Waals surface area (Å²) < 4.78 is 17.8. The van der Waals surface area contributed by atoms with Crippen LogP contribution in [0.2, 0.25) is 10.1 Å². The predicted molar refractivity (Wildman–Crippen MR) is 74.5 cm³/mol. The molecular weight excluding hydrogens is 346 g/mol. The van der Waals surface area contributed by atoms with Gasteiger partial charge in [0.15, 0.2) is 0 Å². The zero-order valence-corrected chi connectivity index (χ0v) is 13.7. The molecular formula is C12H22NO2SiTe+. The van der Waals surface area contributed by atoms with E-state index >= 15 is 0 Å². The second kappa shape index (κ2) is 6.51.